The third-order valence-electron chi connectivity index (χ3n) is 2.10. The van der Waals surface area contributed by atoms with Crippen molar-refractivity contribution in [3.63, 3.8) is 0 Å². The lowest BCUT2D eigenvalue weighted by atomic mass is 10.1. The fourth-order valence-electron chi connectivity index (χ4n) is 1.40. The SMILES string of the molecule is O=C(O)CCc1cc(Cl)c2sncc2c1. The second-order valence-electron chi connectivity index (χ2n) is 3.22. The van der Waals surface area contributed by atoms with Crippen LogP contribution in [0.15, 0.2) is 18.3 Å². The summed E-state index contributed by atoms with van der Waals surface area (Å²) in [5.74, 6) is -0.797. The maximum atomic E-state index is 10.4. The summed E-state index contributed by atoms with van der Waals surface area (Å²) in [5, 5.41) is 10.2. The number of fused-ring (bicyclic) bond motifs is 1. The number of hydrogen-bond donors (Lipinski definition) is 1. The molecule has 0 unspecified atom stereocenters. The van der Waals surface area contributed by atoms with Gasteiger partial charge in [-0.3, -0.25) is 4.79 Å². The van der Waals surface area contributed by atoms with Crippen molar-refractivity contribution in [1.29, 1.82) is 0 Å². The van der Waals surface area contributed by atoms with E-state index in [-0.39, 0.29) is 6.42 Å². The molecule has 0 saturated carbocycles. The van der Waals surface area contributed by atoms with E-state index in [0.29, 0.717) is 11.4 Å². The Morgan fingerprint density at radius 2 is 2.33 bits per heavy atom. The number of carboxylic acid groups (broad SMARTS) is 1. The molecule has 0 fully saturated rings. The van der Waals surface area contributed by atoms with Crippen LogP contribution in [-0.2, 0) is 11.2 Å². The van der Waals surface area contributed by atoms with E-state index in [0.717, 1.165) is 15.6 Å². The summed E-state index contributed by atoms with van der Waals surface area (Å²) in [6.07, 6.45) is 2.37. The number of rotatable bonds is 3. The summed E-state index contributed by atoms with van der Waals surface area (Å²) in [5.41, 5.74) is 0.940. The first-order valence-corrected chi connectivity index (χ1v) is 5.56. The number of hydrogen-bond acceptors (Lipinski definition) is 3. The first kappa shape index (κ1) is 10.4. The van der Waals surface area contributed by atoms with Gasteiger partial charge in [0.1, 0.15) is 0 Å². The van der Waals surface area contributed by atoms with E-state index >= 15 is 0 Å². The number of benzene rings is 1. The highest BCUT2D eigenvalue weighted by Gasteiger charge is 2.06. The van der Waals surface area contributed by atoms with Gasteiger partial charge in [0.2, 0.25) is 0 Å². The van der Waals surface area contributed by atoms with Crippen molar-refractivity contribution in [3.05, 3.63) is 28.9 Å². The summed E-state index contributed by atoms with van der Waals surface area (Å²) < 4.78 is 4.99. The molecule has 3 nitrogen and oxygen atoms in total. The van der Waals surface area contributed by atoms with Crippen LogP contribution in [0.5, 0.6) is 0 Å². The fourth-order valence-corrected chi connectivity index (χ4v) is 2.38. The van der Waals surface area contributed by atoms with E-state index in [4.69, 9.17) is 16.7 Å². The van der Waals surface area contributed by atoms with E-state index in [1.54, 1.807) is 6.20 Å². The lowest BCUT2D eigenvalue weighted by Crippen LogP contribution is -1.97. The average Bonchev–Trinajstić information content (AvgIpc) is 2.63. The van der Waals surface area contributed by atoms with E-state index < -0.39 is 5.97 Å². The van der Waals surface area contributed by atoms with Gasteiger partial charge in [-0.05, 0) is 35.6 Å². The zero-order chi connectivity index (χ0) is 10.8. The quantitative estimate of drug-likeness (QED) is 0.899. The Hall–Kier alpha value is -1.13. The minimum absolute atomic E-state index is 0.124. The molecule has 0 radical (unpaired) electrons. The van der Waals surface area contributed by atoms with E-state index in [9.17, 15) is 4.79 Å². The van der Waals surface area contributed by atoms with Crippen molar-refractivity contribution in [3.8, 4) is 0 Å². The van der Waals surface area contributed by atoms with Crippen LogP contribution in [0, 0.1) is 0 Å². The highest BCUT2D eigenvalue weighted by atomic mass is 35.5. The molecule has 2 aromatic rings. The van der Waals surface area contributed by atoms with Crippen LogP contribution < -0.4 is 0 Å². The zero-order valence-electron chi connectivity index (χ0n) is 7.74. The van der Waals surface area contributed by atoms with Crippen molar-refractivity contribution >= 4 is 39.2 Å². The van der Waals surface area contributed by atoms with Gasteiger partial charge in [-0.25, -0.2) is 0 Å². The summed E-state index contributed by atoms with van der Waals surface area (Å²) >= 11 is 7.39. The van der Waals surface area contributed by atoms with Crippen molar-refractivity contribution < 1.29 is 9.90 Å². The number of aliphatic carboxylic acids is 1. The van der Waals surface area contributed by atoms with Crippen LogP contribution in [0.2, 0.25) is 5.02 Å². The zero-order valence-corrected chi connectivity index (χ0v) is 9.31. The van der Waals surface area contributed by atoms with Gasteiger partial charge in [0, 0.05) is 18.0 Å². The van der Waals surface area contributed by atoms with Crippen molar-refractivity contribution in [1.82, 2.24) is 4.37 Å². The van der Waals surface area contributed by atoms with Gasteiger partial charge in [-0.2, -0.15) is 4.37 Å². The Labute approximate surface area is 95.5 Å². The van der Waals surface area contributed by atoms with Gasteiger partial charge in [-0.15, -0.1) is 0 Å². The van der Waals surface area contributed by atoms with Crippen molar-refractivity contribution in [2.75, 3.05) is 0 Å². The smallest absolute Gasteiger partial charge is 0.303 e. The summed E-state index contributed by atoms with van der Waals surface area (Å²) in [6.45, 7) is 0. The molecule has 1 aromatic heterocycles. The molecule has 5 heteroatoms. The minimum Gasteiger partial charge on any atom is -0.481 e. The second kappa shape index (κ2) is 4.16. The number of carboxylic acids is 1. The van der Waals surface area contributed by atoms with Gasteiger partial charge in [0.25, 0.3) is 0 Å². The maximum Gasteiger partial charge on any atom is 0.303 e. The molecule has 1 N–H and O–H groups in total. The lowest BCUT2D eigenvalue weighted by Gasteiger charge is -2.00. The number of aryl methyl sites for hydroxylation is 1. The molecule has 0 spiro atoms. The third kappa shape index (κ3) is 2.27. The fraction of sp³-hybridized carbons (Fsp3) is 0.200. The molecule has 0 aliphatic heterocycles. The summed E-state index contributed by atoms with van der Waals surface area (Å²) in [7, 11) is 0. The number of halogens is 1. The molecule has 0 amide bonds. The number of carbonyl (C=O) groups is 1. The lowest BCUT2D eigenvalue weighted by molar-refractivity contribution is -0.136. The van der Waals surface area contributed by atoms with Crippen LogP contribution in [0.3, 0.4) is 0 Å². The topological polar surface area (TPSA) is 50.2 Å². The molecule has 1 aromatic carbocycles. The monoisotopic (exact) mass is 241 g/mol. The molecule has 0 aliphatic carbocycles. The molecule has 0 bridgehead atoms. The van der Waals surface area contributed by atoms with Gasteiger partial charge < -0.3 is 5.11 Å². The standard InChI is InChI=1S/C10H8ClNO2S/c11-8-4-6(1-2-9(13)14)3-7-5-12-15-10(7)8/h3-5H,1-2H2,(H,13,14). The summed E-state index contributed by atoms with van der Waals surface area (Å²) in [4.78, 5) is 10.4. The Morgan fingerprint density at radius 3 is 3.07 bits per heavy atom. The molecule has 1 heterocycles. The Kier molecular flexibility index (Phi) is 2.88. The minimum atomic E-state index is -0.797. The van der Waals surface area contributed by atoms with Gasteiger partial charge in [-0.1, -0.05) is 11.6 Å². The highest BCUT2D eigenvalue weighted by molar-refractivity contribution is 7.14. The van der Waals surface area contributed by atoms with Crippen LogP contribution in [0.25, 0.3) is 10.1 Å². The average molecular weight is 242 g/mol. The normalized spacial score (nSPS) is 10.7. The number of aromatic nitrogens is 1. The molecule has 0 saturated heterocycles. The molecule has 0 atom stereocenters. The Bertz CT molecular complexity index is 509. The molecule has 0 aliphatic rings. The van der Waals surface area contributed by atoms with Crippen LogP contribution >= 0.6 is 23.1 Å². The van der Waals surface area contributed by atoms with E-state index in [1.165, 1.54) is 11.5 Å². The van der Waals surface area contributed by atoms with Crippen LogP contribution in [-0.4, -0.2) is 15.4 Å². The second-order valence-corrected chi connectivity index (χ2v) is 4.42. The number of nitrogens with zero attached hydrogens (tertiary/aromatic N) is 1. The van der Waals surface area contributed by atoms with E-state index in [1.807, 2.05) is 12.1 Å². The third-order valence-corrected chi connectivity index (χ3v) is 3.35. The van der Waals surface area contributed by atoms with E-state index in [2.05, 4.69) is 4.37 Å². The molecule has 2 rings (SSSR count). The summed E-state index contributed by atoms with van der Waals surface area (Å²) in [6, 6.07) is 3.75. The predicted octanol–water partition coefficient (Wildman–Crippen LogP) is 2.97. The largest absolute Gasteiger partial charge is 0.481 e. The van der Waals surface area contributed by atoms with Gasteiger partial charge in [0.05, 0.1) is 9.72 Å². The maximum absolute atomic E-state index is 10.4. The van der Waals surface area contributed by atoms with Crippen LogP contribution in [0.4, 0.5) is 0 Å². The Morgan fingerprint density at radius 1 is 1.53 bits per heavy atom. The Balaban J connectivity index is 2.32. The first-order valence-electron chi connectivity index (χ1n) is 4.41. The first-order chi connectivity index (χ1) is 7.16. The van der Waals surface area contributed by atoms with Gasteiger partial charge >= 0.3 is 5.97 Å². The molecular formula is C10H8ClNO2S. The van der Waals surface area contributed by atoms with Crippen LogP contribution in [0.1, 0.15) is 12.0 Å². The molecule has 78 valence electrons. The van der Waals surface area contributed by atoms with Crippen molar-refractivity contribution in [2.45, 2.75) is 12.8 Å². The highest BCUT2D eigenvalue weighted by Crippen LogP contribution is 2.28. The van der Waals surface area contributed by atoms with Gasteiger partial charge in [0.15, 0.2) is 0 Å². The predicted molar refractivity (Wildman–Crippen MR) is 60.6 cm³/mol. The molecular weight excluding hydrogens is 234 g/mol. The molecule has 15 heavy (non-hydrogen) atoms. The van der Waals surface area contributed by atoms with Crippen molar-refractivity contribution in [2.24, 2.45) is 0 Å².